The highest BCUT2D eigenvalue weighted by atomic mass is 32.2. The summed E-state index contributed by atoms with van der Waals surface area (Å²) in [4.78, 5) is 10.9. The maximum atomic E-state index is 13.7. The van der Waals surface area contributed by atoms with Crippen LogP contribution in [0.2, 0.25) is 0 Å². The Morgan fingerprint density at radius 3 is 2.71 bits per heavy atom. The van der Waals surface area contributed by atoms with Gasteiger partial charge in [0.05, 0.1) is 10.5 Å². The molecule has 1 fully saturated rings. The van der Waals surface area contributed by atoms with Crippen LogP contribution in [0.15, 0.2) is 17.0 Å². The van der Waals surface area contributed by atoms with E-state index in [0.717, 1.165) is 6.07 Å². The van der Waals surface area contributed by atoms with E-state index in [1.165, 1.54) is 17.3 Å². The van der Waals surface area contributed by atoms with E-state index >= 15 is 0 Å². The van der Waals surface area contributed by atoms with Gasteiger partial charge in [0.15, 0.2) is 0 Å². The van der Waals surface area contributed by atoms with Crippen LogP contribution in [0, 0.1) is 12.7 Å². The number of hydrogen-bond acceptors (Lipinski definition) is 4. The fourth-order valence-corrected chi connectivity index (χ4v) is 5.06. The van der Waals surface area contributed by atoms with Gasteiger partial charge in [0.25, 0.3) is 0 Å². The monoisotopic (exact) mass is 333 g/mol. The Kier molecular flexibility index (Phi) is 4.60. The number of halogens is 1. The molecule has 1 N–H and O–H groups in total. The van der Waals surface area contributed by atoms with E-state index in [1.807, 2.05) is 6.92 Å². The van der Waals surface area contributed by atoms with Crippen LogP contribution in [0.3, 0.4) is 0 Å². The van der Waals surface area contributed by atoms with Gasteiger partial charge in [-0.15, -0.1) is 0 Å². The van der Waals surface area contributed by atoms with Crippen LogP contribution in [0.25, 0.3) is 0 Å². The van der Waals surface area contributed by atoms with Gasteiger partial charge >= 0.3 is 5.97 Å². The molecule has 0 spiro atoms. The van der Waals surface area contributed by atoms with E-state index < -0.39 is 27.4 Å². The number of rotatable bonds is 3. The minimum Gasteiger partial charge on any atom is -0.478 e. The van der Waals surface area contributed by atoms with Crippen molar-refractivity contribution in [2.24, 2.45) is 0 Å². The van der Waals surface area contributed by atoms with E-state index in [4.69, 9.17) is 5.11 Å². The maximum Gasteiger partial charge on any atom is 0.338 e. The first-order valence-electron chi connectivity index (χ1n) is 6.38. The topological polar surface area (TPSA) is 74.7 Å². The molecule has 8 heteroatoms. The number of hydrogen-bond donors (Lipinski definition) is 1. The Bertz CT molecular complexity index is 675. The molecular weight excluding hydrogens is 317 g/mol. The lowest BCUT2D eigenvalue weighted by molar-refractivity contribution is 0.0691. The fourth-order valence-electron chi connectivity index (χ4n) is 2.19. The van der Waals surface area contributed by atoms with Crippen molar-refractivity contribution in [1.82, 2.24) is 4.31 Å². The van der Waals surface area contributed by atoms with Crippen molar-refractivity contribution >= 4 is 27.8 Å². The van der Waals surface area contributed by atoms with Gasteiger partial charge in [-0.25, -0.2) is 17.6 Å². The van der Waals surface area contributed by atoms with Crippen molar-refractivity contribution in [3.63, 3.8) is 0 Å². The molecule has 0 aromatic heterocycles. The van der Waals surface area contributed by atoms with Crippen molar-refractivity contribution in [3.05, 3.63) is 29.1 Å². The van der Waals surface area contributed by atoms with Gasteiger partial charge in [-0.2, -0.15) is 16.1 Å². The van der Waals surface area contributed by atoms with Gasteiger partial charge in [-0.3, -0.25) is 0 Å². The zero-order valence-corrected chi connectivity index (χ0v) is 13.3. The fraction of sp³-hybridized carbons (Fsp3) is 0.462. The molecule has 0 saturated carbocycles. The van der Waals surface area contributed by atoms with Crippen LogP contribution in [0.4, 0.5) is 4.39 Å². The highest BCUT2D eigenvalue weighted by molar-refractivity contribution is 8.00. The van der Waals surface area contributed by atoms with Crippen molar-refractivity contribution in [3.8, 4) is 0 Å². The van der Waals surface area contributed by atoms with Gasteiger partial charge in [-0.05, 0) is 24.6 Å². The molecule has 1 aromatic carbocycles. The van der Waals surface area contributed by atoms with Gasteiger partial charge in [0, 0.05) is 24.1 Å². The number of aromatic carboxylic acids is 1. The molecule has 1 aliphatic heterocycles. The molecule has 1 atom stereocenters. The molecule has 1 aromatic rings. The molecule has 1 heterocycles. The van der Waals surface area contributed by atoms with Gasteiger partial charge in [-0.1, -0.05) is 6.92 Å². The van der Waals surface area contributed by atoms with Crippen molar-refractivity contribution in [2.75, 3.05) is 18.8 Å². The summed E-state index contributed by atoms with van der Waals surface area (Å²) in [5, 5.41) is 9.16. The summed E-state index contributed by atoms with van der Waals surface area (Å²) >= 11 is 1.69. The number of aryl methyl sites for hydroxylation is 1. The molecule has 1 unspecified atom stereocenters. The summed E-state index contributed by atoms with van der Waals surface area (Å²) in [5.74, 6) is -1.69. The van der Waals surface area contributed by atoms with Crippen LogP contribution < -0.4 is 0 Å². The summed E-state index contributed by atoms with van der Waals surface area (Å²) in [6.45, 7) is 4.03. The van der Waals surface area contributed by atoms with Crippen LogP contribution >= 0.6 is 11.8 Å². The Labute approximate surface area is 127 Å². The zero-order chi connectivity index (χ0) is 15.8. The van der Waals surface area contributed by atoms with Gasteiger partial charge in [0.2, 0.25) is 10.0 Å². The quantitative estimate of drug-likeness (QED) is 0.915. The molecular formula is C13H16FNO4S2. The SMILES string of the molecule is Cc1cc(S(=O)(=O)N2CCSC(C)C2)cc(C(=O)O)c1F. The molecule has 0 aliphatic carbocycles. The van der Waals surface area contributed by atoms with Crippen molar-refractivity contribution < 1.29 is 22.7 Å². The number of carboxylic acid groups (broad SMARTS) is 1. The average molecular weight is 333 g/mol. The molecule has 21 heavy (non-hydrogen) atoms. The first-order chi connectivity index (χ1) is 9.73. The third kappa shape index (κ3) is 3.22. The number of carboxylic acids is 1. The maximum absolute atomic E-state index is 13.7. The van der Waals surface area contributed by atoms with E-state index in [1.54, 1.807) is 11.8 Å². The second kappa shape index (κ2) is 5.94. The Morgan fingerprint density at radius 1 is 1.48 bits per heavy atom. The molecule has 5 nitrogen and oxygen atoms in total. The van der Waals surface area contributed by atoms with Crippen LogP contribution in [0.5, 0.6) is 0 Å². The van der Waals surface area contributed by atoms with E-state index in [9.17, 15) is 17.6 Å². The zero-order valence-electron chi connectivity index (χ0n) is 11.7. The number of nitrogens with zero attached hydrogens (tertiary/aromatic N) is 1. The molecule has 0 amide bonds. The van der Waals surface area contributed by atoms with Crippen LogP contribution in [-0.2, 0) is 10.0 Å². The average Bonchev–Trinajstić information content (AvgIpc) is 2.41. The number of carbonyl (C=O) groups is 1. The summed E-state index contributed by atoms with van der Waals surface area (Å²) in [6.07, 6.45) is 0. The van der Waals surface area contributed by atoms with Crippen LogP contribution in [0.1, 0.15) is 22.8 Å². The van der Waals surface area contributed by atoms with E-state index in [0.29, 0.717) is 18.8 Å². The smallest absolute Gasteiger partial charge is 0.338 e. The molecule has 116 valence electrons. The molecule has 1 saturated heterocycles. The molecule has 1 aliphatic rings. The second-order valence-corrected chi connectivity index (χ2v) is 8.44. The van der Waals surface area contributed by atoms with Gasteiger partial charge < -0.3 is 5.11 Å². The predicted octanol–water partition coefficient (Wildman–Crippen LogP) is 1.96. The first kappa shape index (κ1) is 16.3. The summed E-state index contributed by atoms with van der Waals surface area (Å²) in [7, 11) is -3.80. The number of thioether (sulfide) groups is 1. The minimum absolute atomic E-state index is 0.00732. The highest BCUT2D eigenvalue weighted by Crippen LogP contribution is 2.26. The third-order valence-corrected chi connectivity index (χ3v) is 6.28. The minimum atomic E-state index is -3.80. The second-order valence-electron chi connectivity index (χ2n) is 4.95. The van der Waals surface area contributed by atoms with Gasteiger partial charge in [0.1, 0.15) is 5.82 Å². The van der Waals surface area contributed by atoms with Crippen molar-refractivity contribution in [1.29, 1.82) is 0 Å². The molecule has 2 rings (SSSR count). The Hall–Kier alpha value is -1.12. The normalized spacial score (nSPS) is 20.4. The summed E-state index contributed by atoms with van der Waals surface area (Å²) in [5.41, 5.74) is -0.610. The lowest BCUT2D eigenvalue weighted by Crippen LogP contribution is -2.41. The number of sulfonamides is 1. The number of benzene rings is 1. The molecule has 0 bridgehead atoms. The lowest BCUT2D eigenvalue weighted by atomic mass is 10.1. The summed E-state index contributed by atoms with van der Waals surface area (Å²) < 4.78 is 40.2. The summed E-state index contributed by atoms with van der Waals surface area (Å²) in [6, 6.07) is 2.08. The first-order valence-corrected chi connectivity index (χ1v) is 8.87. The molecule has 0 radical (unpaired) electrons. The van der Waals surface area contributed by atoms with Crippen molar-refractivity contribution in [2.45, 2.75) is 24.0 Å². The lowest BCUT2D eigenvalue weighted by Gasteiger charge is -2.29. The Morgan fingerprint density at radius 2 is 2.14 bits per heavy atom. The standard InChI is InChI=1S/C13H16FNO4S2/c1-8-5-10(6-11(12(8)14)13(16)17)21(18,19)15-3-4-20-9(2)7-15/h5-6,9H,3-4,7H2,1-2H3,(H,16,17). The highest BCUT2D eigenvalue weighted by Gasteiger charge is 2.30. The third-order valence-electron chi connectivity index (χ3n) is 3.30. The van der Waals surface area contributed by atoms with Crippen LogP contribution in [-0.4, -0.2) is 47.9 Å². The largest absolute Gasteiger partial charge is 0.478 e. The van der Waals surface area contributed by atoms with E-state index in [-0.39, 0.29) is 15.7 Å². The Balaban J connectivity index is 2.47. The van der Waals surface area contributed by atoms with E-state index in [2.05, 4.69) is 0 Å². The predicted molar refractivity (Wildman–Crippen MR) is 78.8 cm³/mol.